The van der Waals surface area contributed by atoms with Crippen LogP contribution < -0.4 is 5.56 Å². The number of thiophene rings is 2. The van der Waals surface area contributed by atoms with Crippen LogP contribution in [-0.4, -0.2) is 9.97 Å². The topological polar surface area (TPSA) is 69.5 Å². The minimum absolute atomic E-state index is 0.131. The van der Waals surface area contributed by atoms with Crippen LogP contribution in [0.25, 0.3) is 21.9 Å². The molecule has 0 bridgehead atoms. The van der Waals surface area contributed by atoms with Crippen LogP contribution in [0.3, 0.4) is 0 Å². The van der Waals surface area contributed by atoms with Gasteiger partial charge in [-0.05, 0) is 59.2 Å². The maximum atomic E-state index is 12.6. The average molecular weight is 353 g/mol. The minimum atomic E-state index is -0.131. The van der Waals surface area contributed by atoms with Gasteiger partial charge in [-0.2, -0.15) is 16.6 Å². The molecule has 3 aromatic rings. The molecule has 24 heavy (non-hydrogen) atoms. The molecular weight excluding hydrogens is 338 g/mol. The monoisotopic (exact) mass is 353 g/mol. The highest BCUT2D eigenvalue weighted by molar-refractivity contribution is 7.18. The first-order valence-corrected chi connectivity index (χ1v) is 9.60. The minimum Gasteiger partial charge on any atom is -0.305 e. The molecule has 1 aliphatic rings. The van der Waals surface area contributed by atoms with Gasteiger partial charge in [0, 0.05) is 4.88 Å². The molecule has 0 radical (unpaired) electrons. The molecular formula is C18H15N3OS2. The summed E-state index contributed by atoms with van der Waals surface area (Å²) in [7, 11) is 0. The Bertz CT molecular complexity index is 1030. The van der Waals surface area contributed by atoms with E-state index in [1.807, 2.05) is 16.8 Å². The number of nitriles is 1. The molecule has 3 aromatic heterocycles. The van der Waals surface area contributed by atoms with Gasteiger partial charge < -0.3 is 4.98 Å². The van der Waals surface area contributed by atoms with Crippen LogP contribution in [0, 0.1) is 17.2 Å². The van der Waals surface area contributed by atoms with Crippen LogP contribution >= 0.6 is 22.7 Å². The Morgan fingerprint density at radius 2 is 2.42 bits per heavy atom. The van der Waals surface area contributed by atoms with Crippen molar-refractivity contribution in [1.29, 1.82) is 5.26 Å². The van der Waals surface area contributed by atoms with Crippen molar-refractivity contribution in [2.75, 3.05) is 0 Å². The summed E-state index contributed by atoms with van der Waals surface area (Å²) in [5, 5.41) is 14.1. The van der Waals surface area contributed by atoms with Crippen molar-refractivity contribution in [3.63, 3.8) is 0 Å². The first-order chi connectivity index (χ1) is 11.7. The molecule has 120 valence electrons. The van der Waals surface area contributed by atoms with Crippen LogP contribution in [-0.2, 0) is 12.8 Å². The second-order valence-corrected chi connectivity index (χ2v) is 8.04. The lowest BCUT2D eigenvalue weighted by Crippen LogP contribution is -2.14. The summed E-state index contributed by atoms with van der Waals surface area (Å²) < 4.78 is 0. The molecule has 0 spiro atoms. The van der Waals surface area contributed by atoms with Crippen molar-refractivity contribution >= 4 is 44.5 Å². The molecule has 6 heteroatoms. The van der Waals surface area contributed by atoms with Gasteiger partial charge in [0.25, 0.3) is 5.56 Å². The summed E-state index contributed by atoms with van der Waals surface area (Å²) in [4.78, 5) is 22.0. The summed E-state index contributed by atoms with van der Waals surface area (Å²) in [6.07, 6.45) is 4.83. The lowest BCUT2D eigenvalue weighted by molar-refractivity contribution is 0.509. The van der Waals surface area contributed by atoms with Crippen molar-refractivity contribution in [3.8, 4) is 6.07 Å². The molecule has 0 saturated heterocycles. The van der Waals surface area contributed by atoms with E-state index in [-0.39, 0.29) is 5.56 Å². The van der Waals surface area contributed by atoms with Crippen molar-refractivity contribution in [2.24, 2.45) is 5.92 Å². The SMILES string of the molecule is CC1CCc2c(sc3nc(/C(C#N)=C\c4ccsc4)[nH]c(=O)c23)C1. The van der Waals surface area contributed by atoms with Gasteiger partial charge in [-0.1, -0.05) is 6.92 Å². The fourth-order valence-corrected chi connectivity index (χ4v) is 5.16. The molecule has 1 N–H and O–H groups in total. The van der Waals surface area contributed by atoms with E-state index in [2.05, 4.69) is 23.0 Å². The molecule has 0 fully saturated rings. The highest BCUT2D eigenvalue weighted by Crippen LogP contribution is 2.35. The Morgan fingerprint density at radius 3 is 3.17 bits per heavy atom. The van der Waals surface area contributed by atoms with Crippen molar-refractivity contribution in [1.82, 2.24) is 9.97 Å². The molecule has 4 nitrogen and oxygen atoms in total. The zero-order chi connectivity index (χ0) is 16.7. The van der Waals surface area contributed by atoms with Gasteiger partial charge in [0.2, 0.25) is 0 Å². The lowest BCUT2D eigenvalue weighted by Gasteiger charge is -2.17. The number of nitrogens with zero attached hydrogens (tertiary/aromatic N) is 2. The number of hydrogen-bond acceptors (Lipinski definition) is 5. The quantitative estimate of drug-likeness (QED) is 0.701. The molecule has 1 aliphatic carbocycles. The number of hydrogen-bond donors (Lipinski definition) is 1. The number of aryl methyl sites for hydroxylation is 1. The second-order valence-electron chi connectivity index (χ2n) is 6.17. The average Bonchev–Trinajstić information content (AvgIpc) is 3.18. The maximum Gasteiger partial charge on any atom is 0.260 e. The standard InChI is InChI=1S/C18H15N3OS2/c1-10-2-3-13-14(6-10)24-18-15(13)17(22)20-16(21-18)12(8-19)7-11-4-5-23-9-11/h4-5,7,9-10H,2-3,6H2,1H3,(H,20,21,22)/b12-7-. The Balaban J connectivity index is 1.87. The Morgan fingerprint density at radius 1 is 1.54 bits per heavy atom. The Labute approximate surface area is 147 Å². The Hall–Kier alpha value is -2.23. The lowest BCUT2D eigenvalue weighted by atomic mass is 9.89. The van der Waals surface area contributed by atoms with Gasteiger partial charge in [0.1, 0.15) is 10.9 Å². The number of allylic oxidation sites excluding steroid dienone is 1. The molecule has 1 atom stereocenters. The van der Waals surface area contributed by atoms with E-state index >= 15 is 0 Å². The van der Waals surface area contributed by atoms with Crippen LogP contribution in [0.4, 0.5) is 0 Å². The number of nitrogens with one attached hydrogen (secondary N) is 1. The third-order valence-electron chi connectivity index (χ3n) is 4.40. The summed E-state index contributed by atoms with van der Waals surface area (Å²) in [5.41, 5.74) is 2.35. The summed E-state index contributed by atoms with van der Waals surface area (Å²) in [6, 6.07) is 4.09. The van der Waals surface area contributed by atoms with E-state index in [9.17, 15) is 10.1 Å². The highest BCUT2D eigenvalue weighted by atomic mass is 32.1. The highest BCUT2D eigenvalue weighted by Gasteiger charge is 2.23. The van der Waals surface area contributed by atoms with Crippen LogP contribution in [0.2, 0.25) is 0 Å². The Kier molecular flexibility index (Phi) is 3.83. The number of H-pyrrole nitrogens is 1. The van der Waals surface area contributed by atoms with E-state index in [0.29, 0.717) is 17.3 Å². The van der Waals surface area contributed by atoms with Crippen LogP contribution in [0.15, 0.2) is 21.6 Å². The van der Waals surface area contributed by atoms with E-state index in [1.54, 1.807) is 28.7 Å². The van der Waals surface area contributed by atoms with E-state index in [4.69, 9.17) is 0 Å². The predicted octanol–water partition coefficient (Wildman–Crippen LogP) is 4.24. The van der Waals surface area contributed by atoms with Gasteiger partial charge in [0.05, 0.1) is 11.0 Å². The van der Waals surface area contributed by atoms with Gasteiger partial charge >= 0.3 is 0 Å². The molecule has 4 rings (SSSR count). The summed E-state index contributed by atoms with van der Waals surface area (Å²) >= 11 is 3.17. The van der Waals surface area contributed by atoms with Gasteiger partial charge in [-0.3, -0.25) is 4.79 Å². The first kappa shape index (κ1) is 15.3. The van der Waals surface area contributed by atoms with Crippen molar-refractivity contribution < 1.29 is 0 Å². The fourth-order valence-electron chi connectivity index (χ4n) is 3.15. The third-order valence-corrected chi connectivity index (χ3v) is 6.24. The fraction of sp³-hybridized carbons (Fsp3) is 0.278. The zero-order valence-corrected chi connectivity index (χ0v) is 14.8. The molecule has 0 aromatic carbocycles. The van der Waals surface area contributed by atoms with Crippen LogP contribution in [0.5, 0.6) is 0 Å². The van der Waals surface area contributed by atoms with E-state index in [0.717, 1.165) is 40.6 Å². The molecule has 1 unspecified atom stereocenters. The number of aromatic nitrogens is 2. The van der Waals surface area contributed by atoms with Crippen molar-refractivity contribution in [3.05, 3.63) is 49.0 Å². The van der Waals surface area contributed by atoms with E-state index < -0.39 is 0 Å². The van der Waals surface area contributed by atoms with Gasteiger partial charge in [0.15, 0.2) is 5.82 Å². The number of fused-ring (bicyclic) bond motifs is 3. The first-order valence-electron chi connectivity index (χ1n) is 7.84. The molecule has 0 saturated carbocycles. The van der Waals surface area contributed by atoms with Gasteiger partial charge in [-0.15, -0.1) is 11.3 Å². The summed E-state index contributed by atoms with van der Waals surface area (Å²) in [5.74, 6) is 1.00. The van der Waals surface area contributed by atoms with E-state index in [1.165, 1.54) is 4.88 Å². The van der Waals surface area contributed by atoms with Crippen LogP contribution in [0.1, 0.15) is 35.2 Å². The normalized spacial score (nSPS) is 17.7. The largest absolute Gasteiger partial charge is 0.305 e. The molecule has 0 aliphatic heterocycles. The summed E-state index contributed by atoms with van der Waals surface area (Å²) in [6.45, 7) is 2.24. The predicted molar refractivity (Wildman–Crippen MR) is 99.2 cm³/mol. The zero-order valence-electron chi connectivity index (χ0n) is 13.1. The smallest absolute Gasteiger partial charge is 0.260 e. The number of rotatable bonds is 2. The molecule has 0 amide bonds. The number of aromatic amines is 1. The second kappa shape index (κ2) is 6.00. The van der Waals surface area contributed by atoms with Crippen molar-refractivity contribution in [2.45, 2.75) is 26.2 Å². The third kappa shape index (κ3) is 2.60. The maximum absolute atomic E-state index is 12.6. The van der Waals surface area contributed by atoms with Gasteiger partial charge in [-0.25, -0.2) is 4.98 Å². The molecule has 3 heterocycles.